The van der Waals surface area contributed by atoms with Gasteiger partial charge in [0.15, 0.2) is 9.75 Å². The number of imide groups is 2. The van der Waals surface area contributed by atoms with Crippen LogP contribution >= 0.6 is 39.1 Å². The quantitative estimate of drug-likeness (QED) is 0.0819. The molecule has 54 heavy (non-hydrogen) atoms. The van der Waals surface area contributed by atoms with Gasteiger partial charge in [0.25, 0.3) is 11.8 Å². The number of fused-ring (bicyclic) bond motifs is 4. The summed E-state index contributed by atoms with van der Waals surface area (Å²) in [4.78, 5) is 53.6. The van der Waals surface area contributed by atoms with Gasteiger partial charge >= 0.3 is 6.36 Å². The second-order valence-electron chi connectivity index (χ2n) is 13.3. The van der Waals surface area contributed by atoms with Gasteiger partial charge in [-0.2, -0.15) is 0 Å². The molecule has 282 valence electrons. The number of hydrogen-bond donors (Lipinski definition) is 1. The molecule has 0 bridgehead atoms. The van der Waals surface area contributed by atoms with Crippen LogP contribution in [0, 0.1) is 17.8 Å². The van der Waals surface area contributed by atoms with Crippen molar-refractivity contribution >= 4 is 80.6 Å². The molecule has 0 spiro atoms. The number of carbonyl (C=O) groups is 4. The number of halogens is 6. The highest BCUT2D eigenvalue weighted by Gasteiger charge is 2.76. The Morgan fingerprint density at radius 3 is 2.26 bits per heavy atom. The minimum absolute atomic E-state index is 0.00329. The van der Waals surface area contributed by atoms with E-state index in [4.69, 9.17) is 32.7 Å². The van der Waals surface area contributed by atoms with Crippen LogP contribution in [0.5, 0.6) is 23.0 Å². The molecule has 16 heteroatoms. The molecular formula is C38H30BrCl2F3N2O8. The van der Waals surface area contributed by atoms with Crippen molar-refractivity contribution in [2.75, 3.05) is 24.6 Å². The van der Waals surface area contributed by atoms with Crippen LogP contribution in [0.2, 0.25) is 0 Å². The van der Waals surface area contributed by atoms with Crippen LogP contribution < -0.4 is 19.1 Å². The number of methoxy groups -OCH3 is 2. The first kappa shape index (κ1) is 37.8. The highest BCUT2D eigenvalue weighted by atomic mass is 79.9. The van der Waals surface area contributed by atoms with Gasteiger partial charge in [-0.3, -0.25) is 29.0 Å². The van der Waals surface area contributed by atoms with Crippen molar-refractivity contribution in [3.8, 4) is 23.0 Å². The smallest absolute Gasteiger partial charge is 0.508 e. The molecule has 4 amide bonds. The normalized spacial score (nSPS) is 27.9. The predicted molar refractivity (Wildman–Crippen MR) is 196 cm³/mol. The lowest BCUT2D eigenvalue weighted by atomic mass is 9.56. The summed E-state index contributed by atoms with van der Waals surface area (Å²) in [5, 5.41) is 11.1. The molecule has 0 radical (unpaired) electrons. The minimum Gasteiger partial charge on any atom is -0.508 e. The summed E-state index contributed by atoms with van der Waals surface area (Å²) >= 11 is 17.5. The van der Waals surface area contributed by atoms with Crippen LogP contribution in [-0.2, 0) is 19.2 Å². The highest BCUT2D eigenvalue weighted by Crippen LogP contribution is 2.66. The summed E-state index contributed by atoms with van der Waals surface area (Å²) in [5.74, 6) is -7.35. The molecule has 2 aliphatic carbocycles. The molecule has 1 saturated carbocycles. The van der Waals surface area contributed by atoms with Crippen molar-refractivity contribution in [2.45, 2.75) is 34.9 Å². The second kappa shape index (κ2) is 13.6. The zero-order chi connectivity index (χ0) is 38.9. The van der Waals surface area contributed by atoms with Crippen molar-refractivity contribution in [2.24, 2.45) is 17.8 Å². The Labute approximate surface area is 325 Å². The Hall–Kier alpha value is -4.53. The number of phenolic OH excluding ortho intramolecular Hbond substituents is 1. The first-order chi connectivity index (χ1) is 25.6. The number of alkyl halides is 6. The van der Waals surface area contributed by atoms with Crippen LogP contribution in [0.1, 0.15) is 35.4 Å². The van der Waals surface area contributed by atoms with Crippen LogP contribution in [0.4, 0.5) is 18.9 Å². The molecule has 3 fully saturated rings. The zero-order valence-corrected chi connectivity index (χ0v) is 31.5. The van der Waals surface area contributed by atoms with Crippen LogP contribution in [0.15, 0.2) is 72.3 Å². The Balaban J connectivity index is 1.25. The molecule has 0 aromatic heterocycles. The third kappa shape index (κ3) is 5.84. The van der Waals surface area contributed by atoms with Crippen molar-refractivity contribution in [3.05, 3.63) is 89.0 Å². The van der Waals surface area contributed by atoms with Gasteiger partial charge in [0, 0.05) is 17.0 Å². The fraction of sp³-hybridized carbons (Fsp3) is 0.316. The van der Waals surface area contributed by atoms with Crippen molar-refractivity contribution in [3.63, 3.8) is 0 Å². The molecule has 10 nitrogen and oxygen atoms in total. The Morgan fingerprint density at radius 1 is 0.907 bits per heavy atom. The Bertz CT molecular complexity index is 2150. The Morgan fingerprint density at radius 2 is 1.61 bits per heavy atom. The lowest BCUT2D eigenvalue weighted by Crippen LogP contribution is -2.60. The fourth-order valence-corrected chi connectivity index (χ4v) is 9.62. The lowest BCUT2D eigenvalue weighted by molar-refractivity contribution is -0.274. The van der Waals surface area contributed by atoms with Gasteiger partial charge in [-0.25, -0.2) is 0 Å². The average Bonchev–Trinajstić information content (AvgIpc) is 3.48. The topological polar surface area (TPSA) is 123 Å². The van der Waals surface area contributed by atoms with Gasteiger partial charge < -0.3 is 19.3 Å². The molecule has 3 aromatic carbocycles. The maximum Gasteiger partial charge on any atom is 0.573 e. The van der Waals surface area contributed by atoms with Crippen molar-refractivity contribution < 1.29 is 51.7 Å². The third-order valence-corrected chi connectivity index (χ3v) is 12.5. The molecule has 6 atom stereocenters. The molecule has 4 aliphatic rings. The van der Waals surface area contributed by atoms with E-state index in [1.54, 1.807) is 56.7 Å². The van der Waals surface area contributed by atoms with E-state index in [2.05, 4.69) is 20.7 Å². The number of phenols is 1. The molecule has 2 heterocycles. The van der Waals surface area contributed by atoms with E-state index in [1.807, 2.05) is 18.2 Å². The van der Waals surface area contributed by atoms with E-state index in [1.165, 1.54) is 0 Å². The summed E-state index contributed by atoms with van der Waals surface area (Å²) in [7, 11) is 3.11. The van der Waals surface area contributed by atoms with Crippen LogP contribution in [-0.4, -0.2) is 69.4 Å². The van der Waals surface area contributed by atoms with E-state index < -0.39 is 74.9 Å². The average molecular weight is 850 g/mol. The zero-order valence-electron chi connectivity index (χ0n) is 28.4. The summed E-state index contributed by atoms with van der Waals surface area (Å²) in [6.45, 7) is 0. The molecular weight excluding hydrogens is 820 g/mol. The SMILES string of the molecule is COc1ccc(OC)c(C=Cc2ccc(N3C(=O)C4CC=C5C(CC6(Cl)C(=O)N(CBr)C(=O)C6(Cl)C5c5cc(OC(F)(F)F)ccc5O)C4C3=O)cc2)c1. The van der Waals surface area contributed by atoms with Gasteiger partial charge in [0.2, 0.25) is 11.8 Å². The van der Waals surface area contributed by atoms with Crippen molar-refractivity contribution in [1.29, 1.82) is 0 Å². The van der Waals surface area contributed by atoms with E-state index in [0.717, 1.165) is 39.1 Å². The fourth-order valence-electron chi connectivity index (χ4n) is 8.20. The van der Waals surface area contributed by atoms with Gasteiger partial charge in [0.05, 0.1) is 37.2 Å². The van der Waals surface area contributed by atoms with Gasteiger partial charge in [-0.15, -0.1) is 36.4 Å². The van der Waals surface area contributed by atoms with Crippen molar-refractivity contribution in [1.82, 2.24) is 4.90 Å². The molecule has 1 N–H and O–H groups in total. The largest absolute Gasteiger partial charge is 0.573 e. The summed E-state index contributed by atoms with van der Waals surface area (Å²) in [5.41, 5.74) is 1.52. The van der Waals surface area contributed by atoms with E-state index in [-0.39, 0.29) is 29.4 Å². The number of aromatic hydroxyl groups is 1. The highest BCUT2D eigenvalue weighted by molar-refractivity contribution is 9.09. The summed E-state index contributed by atoms with van der Waals surface area (Å²) < 4.78 is 54.7. The number of allylic oxidation sites excluding steroid dienone is 2. The number of benzene rings is 3. The van der Waals surface area contributed by atoms with E-state index >= 15 is 0 Å². The first-order valence-corrected chi connectivity index (χ1v) is 18.4. The monoisotopic (exact) mass is 848 g/mol. The first-order valence-electron chi connectivity index (χ1n) is 16.5. The van der Waals surface area contributed by atoms with Crippen LogP contribution in [0.3, 0.4) is 0 Å². The molecule has 2 aliphatic heterocycles. The number of hydrogen-bond acceptors (Lipinski definition) is 8. The van der Waals surface area contributed by atoms with Gasteiger partial charge in [-0.1, -0.05) is 51.9 Å². The Kier molecular flexibility index (Phi) is 9.54. The van der Waals surface area contributed by atoms with E-state index in [0.29, 0.717) is 17.2 Å². The molecule has 7 rings (SSSR count). The van der Waals surface area contributed by atoms with Gasteiger partial charge in [0.1, 0.15) is 23.0 Å². The number of likely N-dealkylation sites (tertiary alicyclic amines) is 1. The number of carbonyl (C=O) groups excluding carboxylic acids is 4. The maximum absolute atomic E-state index is 14.4. The molecule has 3 aromatic rings. The van der Waals surface area contributed by atoms with E-state index in [9.17, 15) is 37.5 Å². The minimum atomic E-state index is -5.10. The van der Waals surface area contributed by atoms with Gasteiger partial charge in [-0.05, 0) is 72.9 Å². The predicted octanol–water partition coefficient (Wildman–Crippen LogP) is 7.39. The summed E-state index contributed by atoms with van der Waals surface area (Å²) in [6, 6.07) is 14.8. The third-order valence-electron chi connectivity index (χ3n) is 10.6. The number of nitrogens with zero attached hydrogens (tertiary/aromatic N) is 2. The maximum atomic E-state index is 14.4. The lowest BCUT2D eigenvalue weighted by Gasteiger charge is -2.50. The van der Waals surface area contributed by atoms with Crippen LogP contribution in [0.25, 0.3) is 12.2 Å². The molecule has 6 unspecified atom stereocenters. The second-order valence-corrected chi connectivity index (χ2v) is 15.0. The number of amides is 4. The number of ether oxygens (including phenoxy) is 3. The summed E-state index contributed by atoms with van der Waals surface area (Å²) in [6.07, 6.45) is -0.178. The number of rotatable bonds is 8. The standard InChI is InChI=1S/C38H30BrCl2F3N2O8/c1-52-22-10-14-29(53-2)20(15-22)6-3-19-4-7-21(8-5-19)46-32(48)25-12-11-24-27(30(25)33(46)49)17-36(40)34(50)45(18-39)35(51)37(36,41)31(24)26-16-23(9-13-28(26)47)54-38(42,43)44/h3-11,13-16,25,27,30-31,47H,12,17-18H2,1-2H3. The number of anilines is 1. The molecule has 2 saturated heterocycles.